The van der Waals surface area contributed by atoms with Gasteiger partial charge in [0.15, 0.2) is 0 Å². The van der Waals surface area contributed by atoms with Gasteiger partial charge in [-0.1, -0.05) is 0 Å². The summed E-state index contributed by atoms with van der Waals surface area (Å²) < 4.78 is 1.65. The van der Waals surface area contributed by atoms with Crippen molar-refractivity contribution in [2.75, 3.05) is 11.4 Å². The standard InChI is InChI=1S/C17H21N5O/c23-16-11-13-5-1-2-7-15(13)20-22(16)12-14-6-3-10-21(14)17-18-8-4-9-19-17/h4,8-9,11,14H,1-3,5-7,10,12H2. The first kappa shape index (κ1) is 14.4. The number of fused-ring (bicyclic) bond motifs is 1. The molecule has 2 aliphatic rings. The molecule has 6 heteroatoms. The number of rotatable bonds is 3. The first-order chi connectivity index (χ1) is 11.3. The molecule has 4 rings (SSSR count). The van der Waals surface area contributed by atoms with Crippen LogP contribution in [0.25, 0.3) is 0 Å². The number of aromatic nitrogens is 4. The maximum atomic E-state index is 12.4. The van der Waals surface area contributed by atoms with Crippen molar-refractivity contribution in [2.24, 2.45) is 0 Å². The molecule has 0 radical (unpaired) electrons. The molecule has 1 aliphatic heterocycles. The Kier molecular flexibility index (Phi) is 3.81. The highest BCUT2D eigenvalue weighted by molar-refractivity contribution is 5.32. The van der Waals surface area contributed by atoms with E-state index in [1.165, 1.54) is 12.8 Å². The second kappa shape index (κ2) is 6.10. The smallest absolute Gasteiger partial charge is 0.267 e. The summed E-state index contributed by atoms with van der Waals surface area (Å²) in [6, 6.07) is 3.86. The van der Waals surface area contributed by atoms with Crippen LogP contribution in [0.3, 0.4) is 0 Å². The predicted octanol–water partition coefficient (Wildman–Crippen LogP) is 1.58. The predicted molar refractivity (Wildman–Crippen MR) is 87.5 cm³/mol. The number of nitrogens with zero attached hydrogens (tertiary/aromatic N) is 5. The molecule has 0 N–H and O–H groups in total. The first-order valence-corrected chi connectivity index (χ1v) is 8.45. The van der Waals surface area contributed by atoms with Gasteiger partial charge in [-0.3, -0.25) is 4.79 Å². The molecule has 6 nitrogen and oxygen atoms in total. The van der Waals surface area contributed by atoms with Crippen LogP contribution >= 0.6 is 0 Å². The minimum atomic E-state index is 0.0199. The maximum absolute atomic E-state index is 12.4. The summed E-state index contributed by atoms with van der Waals surface area (Å²) in [6.07, 6.45) is 10.00. The molecule has 0 bridgehead atoms. The molecule has 120 valence electrons. The Balaban J connectivity index is 1.59. The molecule has 0 amide bonds. The molecule has 1 atom stereocenters. The fourth-order valence-electron chi connectivity index (χ4n) is 3.66. The monoisotopic (exact) mass is 311 g/mol. The van der Waals surface area contributed by atoms with Crippen LogP contribution < -0.4 is 10.5 Å². The van der Waals surface area contributed by atoms with Gasteiger partial charge >= 0.3 is 0 Å². The van der Waals surface area contributed by atoms with Crippen LogP contribution in [0.2, 0.25) is 0 Å². The lowest BCUT2D eigenvalue weighted by Crippen LogP contribution is -2.38. The Bertz CT molecular complexity index is 742. The van der Waals surface area contributed by atoms with Crippen molar-refractivity contribution in [1.82, 2.24) is 19.7 Å². The van der Waals surface area contributed by atoms with Gasteiger partial charge in [0.1, 0.15) is 0 Å². The Morgan fingerprint density at radius 2 is 1.96 bits per heavy atom. The van der Waals surface area contributed by atoms with Gasteiger partial charge in [-0.2, -0.15) is 5.10 Å². The minimum absolute atomic E-state index is 0.0199. The van der Waals surface area contributed by atoms with Gasteiger partial charge in [-0.25, -0.2) is 14.6 Å². The molecule has 0 spiro atoms. The van der Waals surface area contributed by atoms with E-state index in [4.69, 9.17) is 0 Å². The first-order valence-electron chi connectivity index (χ1n) is 8.45. The minimum Gasteiger partial charge on any atom is -0.336 e. The molecule has 2 aromatic rings. The van der Waals surface area contributed by atoms with E-state index in [1.807, 2.05) is 6.07 Å². The molecule has 2 aromatic heterocycles. The number of anilines is 1. The summed E-state index contributed by atoms with van der Waals surface area (Å²) in [6.45, 7) is 1.55. The van der Waals surface area contributed by atoms with E-state index in [1.54, 1.807) is 23.1 Å². The molecule has 1 unspecified atom stereocenters. The Labute approximate surface area is 135 Å². The topological polar surface area (TPSA) is 63.9 Å². The quantitative estimate of drug-likeness (QED) is 0.861. The van der Waals surface area contributed by atoms with Gasteiger partial charge in [0.2, 0.25) is 5.95 Å². The van der Waals surface area contributed by atoms with Crippen LogP contribution in [0.1, 0.15) is 36.9 Å². The van der Waals surface area contributed by atoms with Gasteiger partial charge in [0.25, 0.3) is 5.56 Å². The second-order valence-electron chi connectivity index (χ2n) is 6.38. The van der Waals surface area contributed by atoms with E-state index in [0.717, 1.165) is 49.4 Å². The zero-order chi connectivity index (χ0) is 15.6. The SMILES string of the molecule is O=c1cc2c(nn1CC1CCCN1c1ncccn1)CCCC2. The molecule has 1 aliphatic carbocycles. The summed E-state index contributed by atoms with van der Waals surface area (Å²) in [5.74, 6) is 0.751. The van der Waals surface area contributed by atoms with E-state index in [2.05, 4.69) is 20.0 Å². The van der Waals surface area contributed by atoms with Gasteiger partial charge in [0, 0.05) is 25.0 Å². The zero-order valence-electron chi connectivity index (χ0n) is 13.2. The molecular formula is C17H21N5O. The highest BCUT2D eigenvalue weighted by Crippen LogP contribution is 2.23. The highest BCUT2D eigenvalue weighted by atomic mass is 16.1. The van der Waals surface area contributed by atoms with Crippen molar-refractivity contribution < 1.29 is 0 Å². The summed E-state index contributed by atoms with van der Waals surface area (Å²) in [7, 11) is 0. The van der Waals surface area contributed by atoms with Crippen LogP contribution in [-0.4, -0.2) is 32.3 Å². The van der Waals surface area contributed by atoms with E-state index in [0.29, 0.717) is 6.54 Å². The number of hydrogen-bond donors (Lipinski definition) is 0. The van der Waals surface area contributed by atoms with Gasteiger partial charge < -0.3 is 4.90 Å². The van der Waals surface area contributed by atoms with Gasteiger partial charge in [0.05, 0.1) is 18.3 Å². The van der Waals surface area contributed by atoms with Crippen LogP contribution in [0.15, 0.2) is 29.3 Å². The van der Waals surface area contributed by atoms with Crippen molar-refractivity contribution in [3.63, 3.8) is 0 Å². The third-order valence-corrected chi connectivity index (χ3v) is 4.84. The summed E-state index contributed by atoms with van der Waals surface area (Å²) in [5.41, 5.74) is 2.27. The Morgan fingerprint density at radius 1 is 1.13 bits per heavy atom. The third-order valence-electron chi connectivity index (χ3n) is 4.84. The second-order valence-corrected chi connectivity index (χ2v) is 6.38. The van der Waals surface area contributed by atoms with Gasteiger partial charge in [-0.05, 0) is 50.2 Å². The van der Waals surface area contributed by atoms with E-state index < -0.39 is 0 Å². The summed E-state index contributed by atoms with van der Waals surface area (Å²) in [5, 5.41) is 4.64. The maximum Gasteiger partial charge on any atom is 0.267 e. The largest absolute Gasteiger partial charge is 0.336 e. The average Bonchev–Trinajstić information content (AvgIpc) is 3.04. The van der Waals surface area contributed by atoms with Crippen molar-refractivity contribution in [3.05, 3.63) is 46.1 Å². The summed E-state index contributed by atoms with van der Waals surface area (Å²) in [4.78, 5) is 23.3. The van der Waals surface area contributed by atoms with Crippen LogP contribution in [-0.2, 0) is 19.4 Å². The molecule has 0 saturated carbocycles. The molecule has 23 heavy (non-hydrogen) atoms. The lowest BCUT2D eigenvalue weighted by molar-refractivity contribution is 0.470. The van der Waals surface area contributed by atoms with E-state index >= 15 is 0 Å². The molecular weight excluding hydrogens is 290 g/mol. The highest BCUT2D eigenvalue weighted by Gasteiger charge is 2.27. The van der Waals surface area contributed by atoms with Crippen LogP contribution in [0.4, 0.5) is 5.95 Å². The van der Waals surface area contributed by atoms with Crippen LogP contribution in [0, 0.1) is 0 Å². The molecule has 1 fully saturated rings. The van der Waals surface area contributed by atoms with Crippen molar-refractivity contribution in [2.45, 2.75) is 51.1 Å². The van der Waals surface area contributed by atoms with E-state index in [9.17, 15) is 4.79 Å². The molecule has 3 heterocycles. The number of aryl methyl sites for hydroxylation is 2. The molecule has 1 saturated heterocycles. The third kappa shape index (κ3) is 2.85. The number of hydrogen-bond acceptors (Lipinski definition) is 5. The fraction of sp³-hybridized carbons (Fsp3) is 0.529. The lowest BCUT2D eigenvalue weighted by Gasteiger charge is -2.25. The zero-order valence-corrected chi connectivity index (χ0v) is 13.2. The van der Waals surface area contributed by atoms with Gasteiger partial charge in [-0.15, -0.1) is 0 Å². The van der Waals surface area contributed by atoms with Crippen molar-refractivity contribution in [1.29, 1.82) is 0 Å². The lowest BCUT2D eigenvalue weighted by atomic mass is 9.97. The summed E-state index contributed by atoms with van der Waals surface area (Å²) >= 11 is 0. The normalized spacial score (nSPS) is 20.5. The average molecular weight is 311 g/mol. The van der Waals surface area contributed by atoms with Crippen LogP contribution in [0.5, 0.6) is 0 Å². The Morgan fingerprint density at radius 3 is 2.83 bits per heavy atom. The van der Waals surface area contributed by atoms with Crippen molar-refractivity contribution in [3.8, 4) is 0 Å². The van der Waals surface area contributed by atoms with Crippen molar-refractivity contribution >= 4 is 5.95 Å². The fourth-order valence-corrected chi connectivity index (χ4v) is 3.66. The van der Waals surface area contributed by atoms with E-state index in [-0.39, 0.29) is 11.6 Å². The Hall–Kier alpha value is -2.24. The molecule has 0 aromatic carbocycles.